The average Bonchev–Trinajstić information content (AvgIpc) is 2.69. The molecule has 0 radical (unpaired) electrons. The maximum Gasteiger partial charge on any atom is 0.266 e. The first-order valence-electron chi connectivity index (χ1n) is 9.30. The van der Waals surface area contributed by atoms with E-state index in [4.69, 9.17) is 12.2 Å². The number of unbranched alkanes of at least 4 members (excludes halogenated alkanes) is 1. The zero-order valence-corrected chi connectivity index (χ0v) is 16.7. The zero-order chi connectivity index (χ0) is 20.3. The molecule has 3 rings (SSSR count). The van der Waals surface area contributed by atoms with Crippen LogP contribution in [0.4, 0.5) is 4.39 Å². The van der Waals surface area contributed by atoms with Crippen molar-refractivity contribution in [3.63, 3.8) is 0 Å². The van der Waals surface area contributed by atoms with E-state index in [0.29, 0.717) is 35.2 Å². The Bertz CT molecular complexity index is 1120. The summed E-state index contributed by atoms with van der Waals surface area (Å²) >= 11 is 5.34. The Labute approximate surface area is 167 Å². The molecule has 0 atom stereocenters. The van der Waals surface area contributed by atoms with E-state index in [-0.39, 0.29) is 22.1 Å². The van der Waals surface area contributed by atoms with Gasteiger partial charge in [0.05, 0.1) is 16.6 Å². The van der Waals surface area contributed by atoms with Gasteiger partial charge in [0, 0.05) is 18.7 Å². The second-order valence-corrected chi connectivity index (χ2v) is 6.93. The molecule has 146 valence electrons. The van der Waals surface area contributed by atoms with Gasteiger partial charge in [-0.2, -0.15) is 0 Å². The third-order valence-electron chi connectivity index (χ3n) is 4.68. The number of aromatic amines is 1. The maximum atomic E-state index is 13.2. The molecule has 0 fully saturated rings. The normalized spacial score (nSPS) is 11.0. The van der Waals surface area contributed by atoms with Crippen LogP contribution in [-0.2, 0) is 0 Å². The molecule has 0 aliphatic heterocycles. The van der Waals surface area contributed by atoms with Crippen LogP contribution < -0.4 is 5.56 Å². The highest BCUT2D eigenvalue weighted by molar-refractivity contribution is 7.71. The minimum Gasteiger partial charge on any atom is -0.339 e. The Kier molecular flexibility index (Phi) is 6.04. The van der Waals surface area contributed by atoms with Crippen LogP contribution in [0.3, 0.4) is 0 Å². The first-order chi connectivity index (χ1) is 13.5. The maximum absolute atomic E-state index is 13.2. The van der Waals surface area contributed by atoms with Gasteiger partial charge in [0.25, 0.3) is 11.5 Å². The number of carbonyl (C=O) groups is 1. The topological polar surface area (TPSA) is 58.1 Å². The van der Waals surface area contributed by atoms with Gasteiger partial charge in [-0.25, -0.2) is 4.39 Å². The van der Waals surface area contributed by atoms with Crippen LogP contribution in [-0.4, -0.2) is 33.4 Å². The van der Waals surface area contributed by atoms with Gasteiger partial charge in [-0.3, -0.25) is 14.2 Å². The summed E-state index contributed by atoms with van der Waals surface area (Å²) in [6, 6.07) is 10.5. The van der Waals surface area contributed by atoms with Gasteiger partial charge in [-0.05, 0) is 68.0 Å². The van der Waals surface area contributed by atoms with Crippen molar-refractivity contribution < 1.29 is 9.18 Å². The molecule has 3 aromatic rings. The molecule has 0 aliphatic carbocycles. The number of amides is 1. The van der Waals surface area contributed by atoms with Crippen LogP contribution in [0.1, 0.15) is 37.0 Å². The van der Waals surface area contributed by atoms with Gasteiger partial charge in [0.1, 0.15) is 5.82 Å². The fourth-order valence-electron chi connectivity index (χ4n) is 3.11. The van der Waals surface area contributed by atoms with Crippen LogP contribution in [0.5, 0.6) is 0 Å². The molecule has 1 aromatic heterocycles. The highest BCUT2D eigenvalue weighted by Gasteiger charge is 2.16. The summed E-state index contributed by atoms with van der Waals surface area (Å²) in [5.41, 5.74) is 1.18. The lowest BCUT2D eigenvalue weighted by molar-refractivity contribution is 0.0762. The molecule has 5 nitrogen and oxygen atoms in total. The smallest absolute Gasteiger partial charge is 0.266 e. The summed E-state index contributed by atoms with van der Waals surface area (Å²) in [6.07, 6.45) is 1.95. The number of nitrogens with zero attached hydrogens (tertiary/aromatic N) is 2. The van der Waals surface area contributed by atoms with E-state index in [0.717, 1.165) is 12.8 Å². The summed E-state index contributed by atoms with van der Waals surface area (Å²) in [4.78, 5) is 30.5. The van der Waals surface area contributed by atoms with Gasteiger partial charge in [0.15, 0.2) is 4.77 Å². The van der Waals surface area contributed by atoms with Crippen molar-refractivity contribution in [1.82, 2.24) is 14.5 Å². The van der Waals surface area contributed by atoms with Gasteiger partial charge in [-0.1, -0.05) is 13.3 Å². The number of H-pyrrole nitrogens is 1. The first kappa shape index (κ1) is 19.9. The molecule has 0 spiro atoms. The van der Waals surface area contributed by atoms with Crippen LogP contribution in [0.2, 0.25) is 0 Å². The highest BCUT2D eigenvalue weighted by atomic mass is 32.1. The fraction of sp³-hybridized carbons (Fsp3) is 0.286. The second kappa shape index (κ2) is 8.48. The molecule has 0 saturated heterocycles. The molecule has 1 heterocycles. The van der Waals surface area contributed by atoms with E-state index < -0.39 is 0 Å². The van der Waals surface area contributed by atoms with Gasteiger partial charge < -0.3 is 9.88 Å². The molecular formula is C21H22FN3O2S. The highest BCUT2D eigenvalue weighted by Crippen LogP contribution is 2.15. The number of hydrogen-bond donors (Lipinski definition) is 1. The molecule has 0 saturated carbocycles. The number of benzene rings is 2. The Morgan fingerprint density at radius 2 is 1.89 bits per heavy atom. The van der Waals surface area contributed by atoms with Crippen molar-refractivity contribution >= 4 is 29.0 Å². The van der Waals surface area contributed by atoms with Crippen molar-refractivity contribution in [2.75, 3.05) is 13.1 Å². The van der Waals surface area contributed by atoms with E-state index in [2.05, 4.69) is 11.9 Å². The Morgan fingerprint density at radius 1 is 1.18 bits per heavy atom. The quantitative estimate of drug-likeness (QED) is 0.623. The lowest BCUT2D eigenvalue weighted by Gasteiger charge is -2.20. The number of fused-ring (bicyclic) bond motifs is 1. The van der Waals surface area contributed by atoms with Crippen molar-refractivity contribution in [3.05, 3.63) is 69.0 Å². The summed E-state index contributed by atoms with van der Waals surface area (Å²) < 4.78 is 14.7. The minimum absolute atomic E-state index is 0.0696. The predicted octanol–water partition coefficient (Wildman–Crippen LogP) is 4.45. The van der Waals surface area contributed by atoms with E-state index >= 15 is 0 Å². The lowest BCUT2D eigenvalue weighted by Crippen LogP contribution is -2.31. The van der Waals surface area contributed by atoms with E-state index in [1.807, 2.05) is 6.92 Å². The zero-order valence-electron chi connectivity index (χ0n) is 15.9. The third-order valence-corrected chi connectivity index (χ3v) is 4.96. The molecule has 7 heteroatoms. The monoisotopic (exact) mass is 399 g/mol. The van der Waals surface area contributed by atoms with Crippen molar-refractivity contribution in [2.45, 2.75) is 26.7 Å². The van der Waals surface area contributed by atoms with Gasteiger partial charge >= 0.3 is 0 Å². The Morgan fingerprint density at radius 3 is 2.54 bits per heavy atom. The molecule has 28 heavy (non-hydrogen) atoms. The summed E-state index contributed by atoms with van der Waals surface area (Å²) in [5.74, 6) is -0.459. The number of hydrogen-bond acceptors (Lipinski definition) is 3. The number of carbonyl (C=O) groups excluding carboxylic acids is 1. The van der Waals surface area contributed by atoms with Crippen molar-refractivity contribution in [3.8, 4) is 5.69 Å². The molecule has 1 N–H and O–H groups in total. The Hall–Kier alpha value is -2.80. The van der Waals surface area contributed by atoms with E-state index in [9.17, 15) is 14.0 Å². The van der Waals surface area contributed by atoms with Crippen LogP contribution in [0, 0.1) is 10.6 Å². The molecule has 0 unspecified atom stereocenters. The Balaban J connectivity index is 2.06. The predicted molar refractivity (Wildman–Crippen MR) is 111 cm³/mol. The summed E-state index contributed by atoms with van der Waals surface area (Å²) in [7, 11) is 0. The standard InChI is InChI=1S/C21H22FN3O2S/c1-3-5-12-24(4-2)19(26)14-6-11-17-18(13-14)23-21(28)25(20(17)27)16-9-7-15(22)8-10-16/h6-11,13H,3-5,12H2,1-2H3,(H,23,28). The molecule has 1 amide bonds. The summed E-state index contributed by atoms with van der Waals surface area (Å²) in [6.45, 7) is 5.36. The van der Waals surface area contributed by atoms with E-state index in [1.165, 1.54) is 28.8 Å². The molecule has 2 aromatic carbocycles. The minimum atomic E-state index is -0.390. The number of aromatic nitrogens is 2. The largest absolute Gasteiger partial charge is 0.339 e. The number of nitrogens with one attached hydrogen (secondary N) is 1. The third kappa shape index (κ3) is 3.89. The van der Waals surface area contributed by atoms with Gasteiger partial charge in [0.2, 0.25) is 0 Å². The number of rotatable bonds is 6. The SMILES string of the molecule is CCCCN(CC)C(=O)c1ccc2c(=O)n(-c3ccc(F)cc3)c(=S)[nH]c2c1. The van der Waals surface area contributed by atoms with Crippen LogP contribution in [0.25, 0.3) is 16.6 Å². The molecule has 0 bridgehead atoms. The first-order valence-corrected chi connectivity index (χ1v) is 9.71. The average molecular weight is 399 g/mol. The number of halogens is 1. The summed E-state index contributed by atoms with van der Waals surface area (Å²) in [5, 5.41) is 0.408. The van der Waals surface area contributed by atoms with Crippen LogP contribution >= 0.6 is 12.2 Å². The van der Waals surface area contributed by atoms with E-state index in [1.54, 1.807) is 23.1 Å². The van der Waals surface area contributed by atoms with Crippen molar-refractivity contribution in [1.29, 1.82) is 0 Å². The van der Waals surface area contributed by atoms with Gasteiger partial charge in [-0.15, -0.1) is 0 Å². The molecular weight excluding hydrogens is 377 g/mol. The lowest BCUT2D eigenvalue weighted by atomic mass is 10.1. The van der Waals surface area contributed by atoms with Crippen molar-refractivity contribution in [2.24, 2.45) is 0 Å². The second-order valence-electron chi connectivity index (χ2n) is 6.55. The molecule has 0 aliphatic rings. The fourth-order valence-corrected chi connectivity index (χ4v) is 3.41. The van der Waals surface area contributed by atoms with Crippen LogP contribution in [0.15, 0.2) is 47.3 Å².